The molecular formula is C36H29ClFN3O3S. The van der Waals surface area contributed by atoms with Crippen LogP contribution in [-0.4, -0.2) is 23.0 Å². The van der Waals surface area contributed by atoms with Gasteiger partial charge in [0, 0.05) is 21.8 Å². The minimum Gasteiger partial charge on any atom is -0.325 e. The molecule has 0 aliphatic heterocycles. The molecule has 0 spiro atoms. The topological polar surface area (TPSA) is 87.3 Å². The van der Waals surface area contributed by atoms with Gasteiger partial charge in [0.15, 0.2) is 0 Å². The SMILES string of the molecule is CCC(Sc1cccc(NC(=O)/C(=C\c2cccc3ccccc23)NC(=O)c2ccccc2)c1)C(=O)Nc1ccc(F)c(Cl)c1. The highest BCUT2D eigenvalue weighted by molar-refractivity contribution is 8.00. The molecule has 1 unspecified atom stereocenters. The first-order valence-electron chi connectivity index (χ1n) is 14.2. The number of halogens is 2. The van der Waals surface area contributed by atoms with Crippen LogP contribution in [0, 0.1) is 5.82 Å². The molecule has 0 fully saturated rings. The highest BCUT2D eigenvalue weighted by Crippen LogP contribution is 2.29. The average Bonchev–Trinajstić information content (AvgIpc) is 3.05. The largest absolute Gasteiger partial charge is 0.325 e. The first-order valence-corrected chi connectivity index (χ1v) is 15.5. The van der Waals surface area contributed by atoms with Gasteiger partial charge in [-0.25, -0.2) is 4.39 Å². The van der Waals surface area contributed by atoms with Crippen molar-refractivity contribution in [3.63, 3.8) is 0 Å². The van der Waals surface area contributed by atoms with E-state index in [0.29, 0.717) is 23.4 Å². The molecule has 3 N–H and O–H groups in total. The number of hydrogen-bond acceptors (Lipinski definition) is 4. The monoisotopic (exact) mass is 637 g/mol. The van der Waals surface area contributed by atoms with Crippen molar-refractivity contribution in [3.05, 3.63) is 143 Å². The third kappa shape index (κ3) is 8.17. The number of carbonyl (C=O) groups is 3. The van der Waals surface area contributed by atoms with Crippen LogP contribution in [0.3, 0.4) is 0 Å². The zero-order valence-electron chi connectivity index (χ0n) is 24.2. The van der Waals surface area contributed by atoms with E-state index in [1.807, 2.05) is 61.5 Å². The van der Waals surface area contributed by atoms with E-state index in [1.165, 1.54) is 30.0 Å². The van der Waals surface area contributed by atoms with Crippen LogP contribution in [0.4, 0.5) is 15.8 Å². The van der Waals surface area contributed by atoms with Crippen molar-refractivity contribution in [1.29, 1.82) is 0 Å². The number of fused-ring (bicyclic) bond motifs is 1. The molecule has 0 aliphatic rings. The molecule has 9 heteroatoms. The second-order valence-electron chi connectivity index (χ2n) is 10.1. The maximum absolute atomic E-state index is 13.7. The van der Waals surface area contributed by atoms with E-state index < -0.39 is 22.9 Å². The van der Waals surface area contributed by atoms with Crippen molar-refractivity contribution in [2.75, 3.05) is 10.6 Å². The molecule has 0 radical (unpaired) electrons. The second kappa shape index (κ2) is 14.7. The summed E-state index contributed by atoms with van der Waals surface area (Å²) in [5.41, 5.74) is 2.15. The van der Waals surface area contributed by atoms with Gasteiger partial charge in [0.1, 0.15) is 11.5 Å². The van der Waals surface area contributed by atoms with E-state index >= 15 is 0 Å². The van der Waals surface area contributed by atoms with Gasteiger partial charge in [-0.05, 0) is 77.4 Å². The number of carbonyl (C=O) groups excluding carboxylic acids is 3. The average molecular weight is 638 g/mol. The lowest BCUT2D eigenvalue weighted by Crippen LogP contribution is -2.30. The highest BCUT2D eigenvalue weighted by atomic mass is 35.5. The van der Waals surface area contributed by atoms with Crippen molar-refractivity contribution < 1.29 is 18.8 Å². The van der Waals surface area contributed by atoms with E-state index in [9.17, 15) is 18.8 Å². The van der Waals surface area contributed by atoms with Gasteiger partial charge in [-0.3, -0.25) is 14.4 Å². The van der Waals surface area contributed by atoms with E-state index in [2.05, 4.69) is 16.0 Å². The summed E-state index contributed by atoms with van der Waals surface area (Å²) >= 11 is 7.19. The third-order valence-corrected chi connectivity index (χ3v) is 8.52. The molecule has 5 rings (SSSR count). The maximum atomic E-state index is 13.7. The molecule has 226 valence electrons. The van der Waals surface area contributed by atoms with Crippen LogP contribution in [0.5, 0.6) is 0 Å². The molecule has 0 saturated heterocycles. The summed E-state index contributed by atoms with van der Waals surface area (Å²) in [7, 11) is 0. The zero-order valence-corrected chi connectivity index (χ0v) is 25.8. The minimum absolute atomic E-state index is 0.0713. The first-order chi connectivity index (χ1) is 21.8. The van der Waals surface area contributed by atoms with Crippen molar-refractivity contribution in [2.45, 2.75) is 23.5 Å². The quantitative estimate of drug-likeness (QED) is 0.106. The summed E-state index contributed by atoms with van der Waals surface area (Å²) in [6.07, 6.45) is 2.18. The Morgan fingerprint density at radius 2 is 1.53 bits per heavy atom. The Morgan fingerprint density at radius 1 is 0.822 bits per heavy atom. The van der Waals surface area contributed by atoms with Crippen molar-refractivity contribution in [2.24, 2.45) is 0 Å². The lowest BCUT2D eigenvalue weighted by Gasteiger charge is -2.16. The molecule has 0 saturated carbocycles. The number of rotatable bonds is 10. The van der Waals surface area contributed by atoms with Crippen LogP contribution < -0.4 is 16.0 Å². The summed E-state index contributed by atoms with van der Waals surface area (Å²) < 4.78 is 13.5. The van der Waals surface area contributed by atoms with Gasteiger partial charge in [-0.2, -0.15) is 0 Å². The van der Waals surface area contributed by atoms with Crippen LogP contribution >= 0.6 is 23.4 Å². The van der Waals surface area contributed by atoms with Gasteiger partial charge in [0.2, 0.25) is 5.91 Å². The van der Waals surface area contributed by atoms with Crippen molar-refractivity contribution in [3.8, 4) is 0 Å². The Kier molecular flexibility index (Phi) is 10.3. The molecule has 3 amide bonds. The van der Waals surface area contributed by atoms with Gasteiger partial charge in [0.05, 0.1) is 10.3 Å². The van der Waals surface area contributed by atoms with Crippen LogP contribution in [0.2, 0.25) is 5.02 Å². The van der Waals surface area contributed by atoms with E-state index in [4.69, 9.17) is 11.6 Å². The third-order valence-electron chi connectivity index (χ3n) is 6.87. The molecular weight excluding hydrogens is 609 g/mol. The Hall–Kier alpha value is -4.92. The number of anilines is 2. The predicted octanol–water partition coefficient (Wildman–Crippen LogP) is 8.55. The summed E-state index contributed by atoms with van der Waals surface area (Å²) in [6.45, 7) is 1.89. The summed E-state index contributed by atoms with van der Waals surface area (Å²) in [6, 6.07) is 33.4. The van der Waals surface area contributed by atoms with Crippen LogP contribution in [0.25, 0.3) is 16.8 Å². The zero-order chi connectivity index (χ0) is 31.8. The lowest BCUT2D eigenvalue weighted by molar-refractivity contribution is -0.116. The summed E-state index contributed by atoms with van der Waals surface area (Å²) in [4.78, 5) is 40.5. The summed E-state index contributed by atoms with van der Waals surface area (Å²) in [5.74, 6) is -1.75. The predicted molar refractivity (Wildman–Crippen MR) is 181 cm³/mol. The van der Waals surface area contributed by atoms with Gasteiger partial charge in [-0.1, -0.05) is 85.3 Å². The summed E-state index contributed by atoms with van der Waals surface area (Å²) in [5, 5.41) is 9.86. The number of benzene rings is 5. The second-order valence-corrected chi connectivity index (χ2v) is 11.7. The van der Waals surface area contributed by atoms with Gasteiger partial charge >= 0.3 is 0 Å². The Balaban J connectivity index is 1.36. The standard InChI is InChI=1S/C36H29ClFN3O3S/c1-2-33(36(44)40-27-18-19-31(38)30(37)22-27)45-28-16-9-15-26(21-28)39-35(43)32(41-34(42)24-11-4-3-5-12-24)20-25-14-8-13-23-10-6-7-17-29(23)25/h3-22,33H,2H2,1H3,(H,39,43)(H,40,44)(H,41,42)/b32-20+. The van der Waals surface area contributed by atoms with E-state index in [0.717, 1.165) is 21.2 Å². The lowest BCUT2D eigenvalue weighted by atomic mass is 10.0. The fourth-order valence-electron chi connectivity index (χ4n) is 4.60. The smallest absolute Gasteiger partial charge is 0.272 e. The fraction of sp³-hybridized carbons (Fsp3) is 0.0833. The van der Waals surface area contributed by atoms with Gasteiger partial charge in [0.25, 0.3) is 11.8 Å². The van der Waals surface area contributed by atoms with Crippen LogP contribution in [0.15, 0.2) is 126 Å². The highest BCUT2D eigenvalue weighted by Gasteiger charge is 2.20. The molecule has 0 aliphatic carbocycles. The molecule has 6 nitrogen and oxygen atoms in total. The molecule has 0 aromatic heterocycles. The Bertz CT molecular complexity index is 1890. The number of hydrogen-bond donors (Lipinski definition) is 3. The number of nitrogens with one attached hydrogen (secondary N) is 3. The molecule has 45 heavy (non-hydrogen) atoms. The van der Waals surface area contributed by atoms with Crippen LogP contribution in [0.1, 0.15) is 29.3 Å². The van der Waals surface area contributed by atoms with Gasteiger partial charge < -0.3 is 16.0 Å². The van der Waals surface area contributed by atoms with E-state index in [-0.39, 0.29) is 16.6 Å². The first kappa shape index (κ1) is 31.5. The van der Waals surface area contributed by atoms with Crippen molar-refractivity contribution >= 4 is 69.3 Å². The molecule has 0 bridgehead atoms. The number of thioether (sulfide) groups is 1. The fourth-order valence-corrected chi connectivity index (χ4v) is 5.80. The van der Waals surface area contributed by atoms with Crippen molar-refractivity contribution in [1.82, 2.24) is 5.32 Å². The minimum atomic E-state index is -0.565. The Morgan fingerprint density at radius 3 is 2.31 bits per heavy atom. The molecule has 1 atom stereocenters. The van der Waals surface area contributed by atoms with E-state index in [1.54, 1.807) is 48.5 Å². The normalized spacial score (nSPS) is 11.9. The van der Waals surface area contributed by atoms with Gasteiger partial charge in [-0.15, -0.1) is 11.8 Å². The molecule has 5 aromatic rings. The molecule has 5 aromatic carbocycles. The molecule has 0 heterocycles. The Labute approximate surface area is 269 Å². The van der Waals surface area contributed by atoms with Crippen LogP contribution in [-0.2, 0) is 9.59 Å². The number of amides is 3. The maximum Gasteiger partial charge on any atom is 0.272 e.